The molecule has 262 valence electrons. The average molecular weight is 717 g/mol. The molecule has 0 N–H and O–H groups in total. The van der Waals surface area contributed by atoms with Crippen molar-refractivity contribution in [2.75, 3.05) is 0 Å². The van der Waals surface area contributed by atoms with Crippen molar-refractivity contribution in [3.05, 3.63) is 194 Å². The van der Waals surface area contributed by atoms with Gasteiger partial charge in [-0.1, -0.05) is 152 Å². The van der Waals surface area contributed by atoms with Gasteiger partial charge in [0.15, 0.2) is 17.5 Å². The number of nitrogens with zero attached hydrogens (tertiary/aromatic N) is 4. The molecular formula is C51H32N4O. The van der Waals surface area contributed by atoms with Crippen molar-refractivity contribution in [3.8, 4) is 62.1 Å². The van der Waals surface area contributed by atoms with Gasteiger partial charge in [-0.05, 0) is 64.7 Å². The lowest BCUT2D eigenvalue weighted by atomic mass is 9.98. The Labute approximate surface area is 322 Å². The lowest BCUT2D eigenvalue weighted by Crippen LogP contribution is -2.00. The summed E-state index contributed by atoms with van der Waals surface area (Å²) in [5.74, 6) is 1.91. The Morgan fingerprint density at radius 1 is 0.339 bits per heavy atom. The number of fused-ring (bicyclic) bond motifs is 6. The van der Waals surface area contributed by atoms with E-state index in [4.69, 9.17) is 19.4 Å². The topological polar surface area (TPSA) is 56.7 Å². The first-order chi connectivity index (χ1) is 27.7. The highest BCUT2D eigenvalue weighted by molar-refractivity contribution is 6.14. The second kappa shape index (κ2) is 13.0. The van der Waals surface area contributed by atoms with E-state index in [0.717, 1.165) is 61.0 Å². The lowest BCUT2D eigenvalue weighted by molar-refractivity contribution is 0.669. The van der Waals surface area contributed by atoms with Gasteiger partial charge in [0.2, 0.25) is 0 Å². The van der Waals surface area contributed by atoms with E-state index >= 15 is 0 Å². The van der Waals surface area contributed by atoms with E-state index in [1.54, 1.807) is 0 Å². The molecule has 11 aromatic rings. The standard InChI is InChI=1S/C51H32N4O/c1-4-13-33(14-5-1)38-27-29-45-42(31-38)41-19-10-11-21-44(41)55(45)39-28-30-46-43(32-39)48-40(20-12-22-47(48)56-46)34-23-25-37(26-24-34)51-53-49(35-15-6-2-7-16-35)52-50(54-51)36-17-8-3-9-18-36/h1-32H. The Kier molecular flexibility index (Phi) is 7.42. The normalized spacial score (nSPS) is 11.6. The summed E-state index contributed by atoms with van der Waals surface area (Å²) >= 11 is 0. The molecule has 0 amide bonds. The van der Waals surface area contributed by atoms with Crippen LogP contribution in [-0.4, -0.2) is 19.5 Å². The predicted octanol–water partition coefficient (Wildman–Crippen LogP) is 13.2. The maximum atomic E-state index is 6.49. The first-order valence-electron chi connectivity index (χ1n) is 18.8. The zero-order valence-corrected chi connectivity index (χ0v) is 30.2. The van der Waals surface area contributed by atoms with Crippen LogP contribution in [0.3, 0.4) is 0 Å². The third kappa shape index (κ3) is 5.37. The molecule has 0 spiro atoms. The molecule has 3 aromatic heterocycles. The number of benzene rings is 8. The third-order valence-corrected chi connectivity index (χ3v) is 10.7. The number of hydrogen-bond acceptors (Lipinski definition) is 4. The van der Waals surface area contributed by atoms with Crippen molar-refractivity contribution >= 4 is 43.7 Å². The molecule has 11 rings (SSSR count). The van der Waals surface area contributed by atoms with Gasteiger partial charge in [0.25, 0.3) is 0 Å². The van der Waals surface area contributed by atoms with Crippen molar-refractivity contribution < 1.29 is 4.42 Å². The van der Waals surface area contributed by atoms with Crippen molar-refractivity contribution in [2.45, 2.75) is 0 Å². The summed E-state index contributed by atoms with van der Waals surface area (Å²) in [6, 6.07) is 67.5. The molecule has 5 heteroatoms. The molecule has 0 bridgehead atoms. The molecule has 0 fully saturated rings. The van der Waals surface area contributed by atoms with Crippen LogP contribution in [0.4, 0.5) is 0 Å². The molecule has 3 heterocycles. The Morgan fingerprint density at radius 3 is 1.57 bits per heavy atom. The molecule has 0 saturated heterocycles. The maximum Gasteiger partial charge on any atom is 0.164 e. The van der Waals surface area contributed by atoms with E-state index in [1.807, 2.05) is 60.7 Å². The second-order valence-electron chi connectivity index (χ2n) is 14.0. The van der Waals surface area contributed by atoms with E-state index in [9.17, 15) is 0 Å². The molecule has 56 heavy (non-hydrogen) atoms. The van der Waals surface area contributed by atoms with Crippen LogP contribution in [0.1, 0.15) is 0 Å². The van der Waals surface area contributed by atoms with Crippen molar-refractivity contribution in [2.24, 2.45) is 0 Å². The van der Waals surface area contributed by atoms with Gasteiger partial charge in [-0.2, -0.15) is 0 Å². The number of hydrogen-bond donors (Lipinski definition) is 0. The largest absolute Gasteiger partial charge is 0.456 e. The van der Waals surface area contributed by atoms with E-state index < -0.39 is 0 Å². The Morgan fingerprint density at radius 2 is 0.893 bits per heavy atom. The van der Waals surface area contributed by atoms with Crippen LogP contribution in [0, 0.1) is 0 Å². The van der Waals surface area contributed by atoms with E-state index in [1.165, 1.54) is 27.4 Å². The molecule has 0 atom stereocenters. The molecule has 8 aromatic carbocycles. The highest BCUT2D eigenvalue weighted by Crippen LogP contribution is 2.40. The minimum atomic E-state index is 0.628. The summed E-state index contributed by atoms with van der Waals surface area (Å²) in [6.45, 7) is 0. The summed E-state index contributed by atoms with van der Waals surface area (Å²) in [5, 5.41) is 4.61. The molecule has 0 unspecified atom stereocenters. The van der Waals surface area contributed by atoms with Crippen LogP contribution >= 0.6 is 0 Å². The summed E-state index contributed by atoms with van der Waals surface area (Å²) < 4.78 is 8.87. The molecular weight excluding hydrogens is 685 g/mol. The van der Waals surface area contributed by atoms with E-state index in [2.05, 4.69) is 138 Å². The first kappa shape index (κ1) is 31.9. The number of para-hydroxylation sites is 1. The van der Waals surface area contributed by atoms with E-state index in [0.29, 0.717) is 17.5 Å². The maximum absolute atomic E-state index is 6.49. The van der Waals surface area contributed by atoms with Gasteiger partial charge >= 0.3 is 0 Å². The van der Waals surface area contributed by atoms with Gasteiger partial charge in [0.1, 0.15) is 11.2 Å². The predicted molar refractivity (Wildman–Crippen MR) is 229 cm³/mol. The van der Waals surface area contributed by atoms with Gasteiger partial charge in [0, 0.05) is 43.9 Å². The Balaban J connectivity index is 1.02. The SMILES string of the molecule is c1ccc(-c2ccc3c(c2)c2ccccc2n3-c2ccc3oc4cccc(-c5ccc(-c6nc(-c7ccccc7)nc(-c7ccccc7)n6)cc5)c4c3c2)cc1. The molecule has 0 aliphatic carbocycles. The van der Waals surface area contributed by atoms with Crippen molar-refractivity contribution in [3.63, 3.8) is 0 Å². The highest BCUT2D eigenvalue weighted by Gasteiger charge is 2.18. The summed E-state index contributed by atoms with van der Waals surface area (Å²) in [4.78, 5) is 14.7. The van der Waals surface area contributed by atoms with Gasteiger partial charge in [-0.25, -0.2) is 15.0 Å². The van der Waals surface area contributed by atoms with Crippen LogP contribution in [0.15, 0.2) is 199 Å². The van der Waals surface area contributed by atoms with Crippen LogP contribution in [0.2, 0.25) is 0 Å². The Bertz CT molecular complexity index is 3160. The molecule has 0 radical (unpaired) electrons. The monoisotopic (exact) mass is 716 g/mol. The van der Waals surface area contributed by atoms with Crippen LogP contribution < -0.4 is 0 Å². The number of rotatable bonds is 6. The summed E-state index contributed by atoms with van der Waals surface area (Å²) in [5.41, 5.74) is 12.5. The van der Waals surface area contributed by atoms with E-state index in [-0.39, 0.29) is 0 Å². The fourth-order valence-electron chi connectivity index (χ4n) is 7.99. The first-order valence-corrected chi connectivity index (χ1v) is 18.8. The summed E-state index contributed by atoms with van der Waals surface area (Å²) in [7, 11) is 0. The molecule has 0 saturated carbocycles. The van der Waals surface area contributed by atoms with Gasteiger partial charge < -0.3 is 8.98 Å². The van der Waals surface area contributed by atoms with Gasteiger partial charge in [-0.15, -0.1) is 0 Å². The smallest absolute Gasteiger partial charge is 0.164 e. The lowest BCUT2D eigenvalue weighted by Gasteiger charge is -2.10. The minimum absolute atomic E-state index is 0.628. The third-order valence-electron chi connectivity index (χ3n) is 10.7. The second-order valence-corrected chi connectivity index (χ2v) is 14.0. The minimum Gasteiger partial charge on any atom is -0.456 e. The fraction of sp³-hybridized carbons (Fsp3) is 0. The van der Waals surface area contributed by atoms with Crippen LogP contribution in [0.25, 0.3) is 106 Å². The zero-order chi connectivity index (χ0) is 37.0. The molecule has 5 nitrogen and oxygen atoms in total. The molecule has 0 aliphatic rings. The number of furan rings is 1. The quantitative estimate of drug-likeness (QED) is 0.172. The number of aromatic nitrogens is 4. The van der Waals surface area contributed by atoms with Gasteiger partial charge in [-0.3, -0.25) is 0 Å². The molecule has 0 aliphatic heterocycles. The average Bonchev–Trinajstić information content (AvgIpc) is 3.82. The van der Waals surface area contributed by atoms with Crippen LogP contribution in [-0.2, 0) is 0 Å². The highest BCUT2D eigenvalue weighted by atomic mass is 16.3. The zero-order valence-electron chi connectivity index (χ0n) is 30.2. The summed E-state index contributed by atoms with van der Waals surface area (Å²) in [6.07, 6.45) is 0. The Hall–Kier alpha value is -7.63. The van der Waals surface area contributed by atoms with Crippen molar-refractivity contribution in [1.29, 1.82) is 0 Å². The van der Waals surface area contributed by atoms with Crippen molar-refractivity contribution in [1.82, 2.24) is 19.5 Å². The van der Waals surface area contributed by atoms with Crippen LogP contribution in [0.5, 0.6) is 0 Å². The van der Waals surface area contributed by atoms with Gasteiger partial charge in [0.05, 0.1) is 11.0 Å². The fourth-order valence-corrected chi connectivity index (χ4v) is 7.99.